The zero-order valence-electron chi connectivity index (χ0n) is 31.9. The molecule has 1 heterocycles. The average molecular weight is 722 g/mol. The molecule has 0 aliphatic rings. The maximum absolute atomic E-state index is 11.4. The number of aromatic nitrogens is 3. The van der Waals surface area contributed by atoms with Crippen LogP contribution in [0.15, 0.2) is 91.0 Å². The van der Waals surface area contributed by atoms with E-state index >= 15 is 0 Å². The maximum Gasteiger partial charge on any atom is 0.167 e. The Kier molecular flexibility index (Phi) is 11.4. The number of phenolic OH excluding ortho intramolecular Hbond substituents is 2. The topological polar surface area (TPSA) is 97.6 Å². The first-order chi connectivity index (χ1) is 26.4. The molecule has 0 saturated heterocycles. The Hall–Kier alpha value is -5.43. The van der Waals surface area contributed by atoms with Gasteiger partial charge in [-0.3, -0.25) is 0 Å². The van der Waals surface area contributed by atoms with Gasteiger partial charge in [-0.1, -0.05) is 115 Å². The van der Waals surface area contributed by atoms with E-state index in [-0.39, 0.29) is 11.5 Å². The van der Waals surface area contributed by atoms with Crippen molar-refractivity contribution < 1.29 is 19.7 Å². The highest BCUT2D eigenvalue weighted by Gasteiger charge is 2.20. The summed E-state index contributed by atoms with van der Waals surface area (Å²) in [6.45, 7) is 9.98. The molecule has 2 atom stereocenters. The standard InChI is InChI=1S/C47H51N3O4/c1-5-9-12-30(7-3)28-53-35-20-24-39(41(51)26-35)46-48-45(38-23-19-34-17-16-32-14-11-15-33-18-22-37(38)44(34)43(32)33)49-47(50-46)40-25-21-36(27-42(40)52)54-29-31(8-4)13-10-6-2/h11,14-27,30-31,51-52H,5-10,12-13,28-29H2,1-4H3. The lowest BCUT2D eigenvalue weighted by Crippen LogP contribution is -2.11. The molecule has 2 N–H and O–H groups in total. The van der Waals surface area contributed by atoms with Crippen LogP contribution in [-0.2, 0) is 0 Å². The van der Waals surface area contributed by atoms with Gasteiger partial charge in [-0.25, -0.2) is 15.0 Å². The van der Waals surface area contributed by atoms with Gasteiger partial charge >= 0.3 is 0 Å². The minimum absolute atomic E-state index is 0.00844. The van der Waals surface area contributed by atoms with E-state index in [9.17, 15) is 10.2 Å². The van der Waals surface area contributed by atoms with Crippen LogP contribution < -0.4 is 9.47 Å². The maximum atomic E-state index is 11.4. The van der Waals surface area contributed by atoms with Crippen LogP contribution in [0, 0.1) is 11.8 Å². The van der Waals surface area contributed by atoms with Crippen LogP contribution in [-0.4, -0.2) is 38.4 Å². The highest BCUT2D eigenvalue weighted by molar-refractivity contribution is 6.25. The predicted molar refractivity (Wildman–Crippen MR) is 221 cm³/mol. The van der Waals surface area contributed by atoms with Crippen molar-refractivity contribution in [1.29, 1.82) is 0 Å². The van der Waals surface area contributed by atoms with E-state index in [1.807, 2.05) is 18.2 Å². The van der Waals surface area contributed by atoms with E-state index in [1.54, 1.807) is 24.3 Å². The third-order valence-electron chi connectivity index (χ3n) is 10.9. The van der Waals surface area contributed by atoms with Gasteiger partial charge in [0.2, 0.25) is 0 Å². The number of phenols is 2. The number of unbranched alkanes of at least 4 members (excludes halogenated alkanes) is 2. The van der Waals surface area contributed by atoms with E-state index in [0.717, 1.165) is 60.2 Å². The first-order valence-corrected chi connectivity index (χ1v) is 19.8. The molecule has 6 aromatic carbocycles. The highest BCUT2D eigenvalue weighted by atomic mass is 16.5. The smallest absolute Gasteiger partial charge is 0.167 e. The van der Waals surface area contributed by atoms with Crippen molar-refractivity contribution in [3.05, 3.63) is 91.0 Å². The molecule has 1 aromatic heterocycles. The molecule has 7 aromatic rings. The minimum atomic E-state index is 0.00844. The largest absolute Gasteiger partial charge is 0.507 e. The number of aromatic hydroxyl groups is 2. The summed E-state index contributed by atoms with van der Waals surface area (Å²) in [5.41, 5.74) is 1.72. The van der Waals surface area contributed by atoms with Crippen molar-refractivity contribution in [2.75, 3.05) is 13.2 Å². The van der Waals surface area contributed by atoms with Gasteiger partial charge < -0.3 is 19.7 Å². The summed E-state index contributed by atoms with van der Waals surface area (Å²) in [4.78, 5) is 14.8. The zero-order chi connectivity index (χ0) is 37.6. The molecule has 2 unspecified atom stereocenters. The van der Waals surface area contributed by atoms with Gasteiger partial charge in [-0.15, -0.1) is 0 Å². The fourth-order valence-electron chi connectivity index (χ4n) is 7.47. The molecule has 7 heteroatoms. The Bertz CT molecular complexity index is 2250. The first-order valence-electron chi connectivity index (χ1n) is 19.8. The van der Waals surface area contributed by atoms with Crippen molar-refractivity contribution >= 4 is 32.3 Å². The van der Waals surface area contributed by atoms with Crippen LogP contribution in [0.4, 0.5) is 0 Å². The second-order valence-corrected chi connectivity index (χ2v) is 14.6. The molecule has 0 radical (unpaired) electrons. The fraction of sp³-hybridized carbons (Fsp3) is 0.340. The Balaban J connectivity index is 1.30. The monoisotopic (exact) mass is 721 g/mol. The number of benzene rings is 6. The molecule has 54 heavy (non-hydrogen) atoms. The third kappa shape index (κ3) is 7.77. The number of hydrogen-bond donors (Lipinski definition) is 2. The number of ether oxygens (including phenoxy) is 2. The zero-order valence-corrected chi connectivity index (χ0v) is 31.9. The van der Waals surface area contributed by atoms with E-state index in [0.29, 0.717) is 65.1 Å². The normalized spacial score (nSPS) is 12.8. The van der Waals surface area contributed by atoms with Gasteiger partial charge in [-0.2, -0.15) is 0 Å². The summed E-state index contributed by atoms with van der Waals surface area (Å²) < 4.78 is 12.3. The summed E-state index contributed by atoms with van der Waals surface area (Å²) in [5.74, 6) is 3.16. The lowest BCUT2D eigenvalue weighted by Gasteiger charge is -2.17. The highest BCUT2D eigenvalue weighted by Crippen LogP contribution is 2.41. The predicted octanol–water partition coefficient (Wildman–Crippen LogP) is 12.4. The quantitative estimate of drug-likeness (QED) is 0.0903. The molecule has 0 amide bonds. The van der Waals surface area contributed by atoms with E-state index in [4.69, 9.17) is 24.4 Å². The molecule has 0 fully saturated rings. The molecule has 0 aliphatic heterocycles. The van der Waals surface area contributed by atoms with Gasteiger partial charge in [0.1, 0.15) is 23.0 Å². The van der Waals surface area contributed by atoms with E-state index in [2.05, 4.69) is 76.2 Å². The molecule has 0 bridgehead atoms. The van der Waals surface area contributed by atoms with E-state index < -0.39 is 0 Å². The number of rotatable bonds is 17. The second-order valence-electron chi connectivity index (χ2n) is 14.6. The number of nitrogens with zero attached hydrogens (tertiary/aromatic N) is 3. The minimum Gasteiger partial charge on any atom is -0.507 e. The van der Waals surface area contributed by atoms with Gasteiger partial charge in [0, 0.05) is 17.7 Å². The SMILES string of the molecule is CCCCC(CC)COc1ccc(-c2nc(-c3ccc(OCC(CC)CCCC)cc3O)nc(-c3ccc4ccc5cccc6ccc3c4c56)n2)c(O)c1. The van der Waals surface area contributed by atoms with Crippen LogP contribution in [0.1, 0.15) is 79.1 Å². The van der Waals surface area contributed by atoms with Crippen LogP contribution in [0.3, 0.4) is 0 Å². The van der Waals surface area contributed by atoms with Crippen LogP contribution in [0.25, 0.3) is 66.5 Å². The van der Waals surface area contributed by atoms with E-state index in [1.165, 1.54) is 29.0 Å². The molecular weight excluding hydrogens is 671 g/mol. The summed E-state index contributed by atoms with van der Waals surface area (Å²) >= 11 is 0. The lowest BCUT2D eigenvalue weighted by molar-refractivity contribution is 0.232. The van der Waals surface area contributed by atoms with Gasteiger partial charge in [0.05, 0.1) is 24.3 Å². The molecule has 7 nitrogen and oxygen atoms in total. The van der Waals surface area contributed by atoms with Crippen molar-refractivity contribution in [3.63, 3.8) is 0 Å². The Morgan fingerprint density at radius 2 is 0.963 bits per heavy atom. The van der Waals surface area contributed by atoms with Crippen LogP contribution in [0.2, 0.25) is 0 Å². The summed E-state index contributed by atoms with van der Waals surface area (Å²) in [7, 11) is 0. The van der Waals surface area contributed by atoms with Gasteiger partial charge in [-0.05, 0) is 87.3 Å². The fourth-order valence-corrected chi connectivity index (χ4v) is 7.47. The van der Waals surface area contributed by atoms with Crippen molar-refractivity contribution in [2.24, 2.45) is 11.8 Å². The van der Waals surface area contributed by atoms with Crippen molar-refractivity contribution in [2.45, 2.75) is 79.1 Å². The molecule has 0 aliphatic carbocycles. The lowest BCUT2D eigenvalue weighted by atomic mass is 9.92. The second kappa shape index (κ2) is 16.7. The summed E-state index contributed by atoms with van der Waals surface area (Å²) in [5, 5.41) is 29.7. The Morgan fingerprint density at radius 3 is 1.44 bits per heavy atom. The third-order valence-corrected chi connectivity index (χ3v) is 10.9. The van der Waals surface area contributed by atoms with Crippen LogP contribution >= 0.6 is 0 Å². The Labute approximate surface area is 318 Å². The molecule has 0 saturated carbocycles. The average Bonchev–Trinajstić information content (AvgIpc) is 3.20. The van der Waals surface area contributed by atoms with Crippen LogP contribution in [0.5, 0.6) is 23.0 Å². The molecule has 7 rings (SSSR count). The molecular formula is C47H51N3O4. The summed E-state index contributed by atoms with van der Waals surface area (Å²) in [6, 6.07) is 29.7. The van der Waals surface area contributed by atoms with Crippen molar-refractivity contribution in [3.8, 4) is 57.2 Å². The first kappa shape index (κ1) is 36.9. The van der Waals surface area contributed by atoms with Gasteiger partial charge in [0.25, 0.3) is 0 Å². The Morgan fingerprint density at radius 1 is 0.519 bits per heavy atom. The van der Waals surface area contributed by atoms with Gasteiger partial charge in [0.15, 0.2) is 17.5 Å². The molecule has 0 spiro atoms. The number of hydrogen-bond acceptors (Lipinski definition) is 7. The summed E-state index contributed by atoms with van der Waals surface area (Å²) in [6.07, 6.45) is 8.99. The van der Waals surface area contributed by atoms with Crippen molar-refractivity contribution in [1.82, 2.24) is 15.0 Å². The molecule has 278 valence electrons.